The Morgan fingerprint density at radius 3 is 2.95 bits per heavy atom. The third-order valence-corrected chi connectivity index (χ3v) is 3.34. The number of hydrogen-bond donors (Lipinski definition) is 2. The smallest absolute Gasteiger partial charge is 0.256 e. The van der Waals surface area contributed by atoms with Gasteiger partial charge in [0.05, 0.1) is 0 Å². The van der Waals surface area contributed by atoms with Crippen LogP contribution in [0.15, 0.2) is 36.5 Å². The third kappa shape index (κ3) is 2.35. The van der Waals surface area contributed by atoms with Crippen LogP contribution < -0.4 is 10.6 Å². The van der Waals surface area contributed by atoms with E-state index in [9.17, 15) is 4.79 Å². The fourth-order valence-corrected chi connectivity index (χ4v) is 2.23. The molecule has 0 unspecified atom stereocenters. The summed E-state index contributed by atoms with van der Waals surface area (Å²) >= 11 is 0. The fourth-order valence-electron chi connectivity index (χ4n) is 2.23. The molecule has 1 aromatic heterocycles. The zero-order valence-electron chi connectivity index (χ0n) is 10.7. The number of benzene rings is 1. The summed E-state index contributed by atoms with van der Waals surface area (Å²) in [7, 11) is 0. The first-order chi connectivity index (χ1) is 9.24. The van der Waals surface area contributed by atoms with E-state index in [0.717, 1.165) is 18.7 Å². The average Bonchev–Trinajstić information content (AvgIpc) is 2.88. The van der Waals surface area contributed by atoms with E-state index in [0.29, 0.717) is 11.4 Å². The van der Waals surface area contributed by atoms with Crippen LogP contribution in [0.2, 0.25) is 0 Å². The maximum Gasteiger partial charge on any atom is 0.256 e. The van der Waals surface area contributed by atoms with Gasteiger partial charge in [-0.3, -0.25) is 4.79 Å². The summed E-state index contributed by atoms with van der Waals surface area (Å²) in [5.41, 5.74) is 4.10. The number of carbonyl (C=O) groups excluding carboxylic acids is 1. The first kappa shape index (κ1) is 11.9. The quantitative estimate of drug-likeness (QED) is 0.863. The Balaban J connectivity index is 1.83. The summed E-state index contributed by atoms with van der Waals surface area (Å²) in [6.45, 7) is 3.64. The summed E-state index contributed by atoms with van der Waals surface area (Å²) in [5, 5.41) is 6.12. The van der Waals surface area contributed by atoms with Gasteiger partial charge in [0.15, 0.2) is 0 Å². The second kappa shape index (κ2) is 4.82. The van der Waals surface area contributed by atoms with E-state index < -0.39 is 0 Å². The molecule has 0 atom stereocenters. The predicted molar refractivity (Wildman–Crippen MR) is 73.9 cm³/mol. The van der Waals surface area contributed by atoms with Gasteiger partial charge in [-0.25, -0.2) is 4.98 Å². The van der Waals surface area contributed by atoms with Crippen molar-refractivity contribution in [1.82, 2.24) is 10.3 Å². The number of pyridine rings is 1. The van der Waals surface area contributed by atoms with Crippen molar-refractivity contribution in [3.63, 3.8) is 0 Å². The van der Waals surface area contributed by atoms with Gasteiger partial charge >= 0.3 is 0 Å². The van der Waals surface area contributed by atoms with Crippen molar-refractivity contribution in [2.24, 2.45) is 0 Å². The molecule has 0 aliphatic carbocycles. The number of nitrogens with one attached hydrogen (secondary N) is 2. The van der Waals surface area contributed by atoms with Crippen LogP contribution >= 0.6 is 0 Å². The van der Waals surface area contributed by atoms with Crippen molar-refractivity contribution in [1.29, 1.82) is 0 Å². The topological polar surface area (TPSA) is 54.0 Å². The lowest BCUT2D eigenvalue weighted by molar-refractivity contribution is 0.102. The Kier molecular flexibility index (Phi) is 3.01. The first-order valence-electron chi connectivity index (χ1n) is 6.29. The number of anilines is 1. The van der Waals surface area contributed by atoms with Crippen molar-refractivity contribution in [2.75, 3.05) is 5.32 Å². The molecule has 2 N–H and O–H groups in total. The summed E-state index contributed by atoms with van der Waals surface area (Å²) in [6.07, 6.45) is 1.68. The Labute approximate surface area is 111 Å². The molecule has 0 bridgehead atoms. The van der Waals surface area contributed by atoms with Crippen molar-refractivity contribution in [3.05, 3.63) is 58.8 Å². The lowest BCUT2D eigenvalue weighted by atomic mass is 10.1. The Morgan fingerprint density at radius 2 is 2.11 bits per heavy atom. The zero-order valence-corrected chi connectivity index (χ0v) is 10.7. The molecule has 2 heterocycles. The highest BCUT2D eigenvalue weighted by molar-refractivity contribution is 6.04. The Morgan fingerprint density at radius 1 is 1.26 bits per heavy atom. The number of fused-ring (bicyclic) bond motifs is 1. The van der Waals surface area contributed by atoms with E-state index in [1.54, 1.807) is 6.20 Å². The normalized spacial score (nSPS) is 13.1. The Bertz CT molecular complexity index is 637. The predicted octanol–water partition coefficient (Wildman–Crippen LogP) is 2.25. The monoisotopic (exact) mass is 253 g/mol. The van der Waals surface area contributed by atoms with Gasteiger partial charge in [-0.1, -0.05) is 12.1 Å². The number of amides is 1. The summed E-state index contributed by atoms with van der Waals surface area (Å²) in [6, 6.07) is 9.60. The summed E-state index contributed by atoms with van der Waals surface area (Å²) in [4.78, 5) is 16.4. The molecule has 1 aliphatic rings. The second-order valence-corrected chi connectivity index (χ2v) is 4.71. The van der Waals surface area contributed by atoms with Crippen LogP contribution in [0.25, 0.3) is 0 Å². The molecule has 0 fully saturated rings. The number of aromatic nitrogens is 1. The van der Waals surface area contributed by atoms with Gasteiger partial charge in [0.2, 0.25) is 0 Å². The van der Waals surface area contributed by atoms with Crippen LogP contribution in [-0.4, -0.2) is 10.9 Å². The third-order valence-electron chi connectivity index (χ3n) is 3.34. The zero-order chi connectivity index (χ0) is 13.2. The van der Waals surface area contributed by atoms with Crippen LogP contribution in [-0.2, 0) is 13.1 Å². The maximum absolute atomic E-state index is 12.2. The largest absolute Gasteiger partial charge is 0.309 e. The van der Waals surface area contributed by atoms with E-state index in [1.165, 1.54) is 11.1 Å². The minimum Gasteiger partial charge on any atom is -0.309 e. The van der Waals surface area contributed by atoms with Gasteiger partial charge in [0.1, 0.15) is 5.82 Å². The standard InChI is InChI=1S/C15H15N3O/c1-10-3-2-6-17-14(10)18-15(19)11-4-5-12-8-16-9-13(12)7-11/h2-7,16H,8-9H2,1H3,(H,17,18,19). The molecule has 3 rings (SSSR count). The maximum atomic E-state index is 12.2. The lowest BCUT2D eigenvalue weighted by Gasteiger charge is -2.08. The molecule has 0 spiro atoms. The molecule has 1 amide bonds. The molecule has 2 aromatic rings. The fraction of sp³-hybridized carbons (Fsp3) is 0.200. The van der Waals surface area contributed by atoms with Gasteiger partial charge < -0.3 is 10.6 Å². The van der Waals surface area contributed by atoms with E-state index in [2.05, 4.69) is 15.6 Å². The van der Waals surface area contributed by atoms with Crippen molar-refractivity contribution < 1.29 is 4.79 Å². The van der Waals surface area contributed by atoms with Crippen LogP contribution in [0.1, 0.15) is 27.0 Å². The number of hydrogen-bond acceptors (Lipinski definition) is 3. The SMILES string of the molecule is Cc1cccnc1NC(=O)c1ccc2c(c1)CNC2. The van der Waals surface area contributed by atoms with Crippen molar-refractivity contribution in [3.8, 4) is 0 Å². The van der Waals surface area contributed by atoms with Crippen molar-refractivity contribution >= 4 is 11.7 Å². The molecule has 4 nitrogen and oxygen atoms in total. The molecule has 1 aliphatic heterocycles. The lowest BCUT2D eigenvalue weighted by Crippen LogP contribution is -2.14. The van der Waals surface area contributed by atoms with Crippen LogP contribution in [0.5, 0.6) is 0 Å². The average molecular weight is 253 g/mol. The van der Waals surface area contributed by atoms with Crippen LogP contribution in [0, 0.1) is 6.92 Å². The second-order valence-electron chi connectivity index (χ2n) is 4.71. The summed E-state index contributed by atoms with van der Waals surface area (Å²) in [5.74, 6) is 0.502. The number of rotatable bonds is 2. The van der Waals surface area contributed by atoms with Gasteiger partial charge in [0, 0.05) is 24.8 Å². The minimum absolute atomic E-state index is 0.114. The Hall–Kier alpha value is -2.20. The van der Waals surface area contributed by atoms with Crippen LogP contribution in [0.4, 0.5) is 5.82 Å². The molecule has 96 valence electrons. The highest BCUT2D eigenvalue weighted by Gasteiger charge is 2.14. The minimum atomic E-state index is -0.114. The molecular formula is C15H15N3O. The van der Waals surface area contributed by atoms with E-state index in [1.807, 2.05) is 37.3 Å². The van der Waals surface area contributed by atoms with E-state index in [-0.39, 0.29) is 5.91 Å². The number of carbonyl (C=O) groups is 1. The molecule has 0 saturated carbocycles. The van der Waals surface area contributed by atoms with Gasteiger partial charge in [-0.2, -0.15) is 0 Å². The summed E-state index contributed by atoms with van der Waals surface area (Å²) < 4.78 is 0. The van der Waals surface area contributed by atoms with Crippen molar-refractivity contribution in [2.45, 2.75) is 20.0 Å². The molecule has 4 heteroatoms. The van der Waals surface area contributed by atoms with Gasteiger partial charge in [0.25, 0.3) is 5.91 Å². The van der Waals surface area contributed by atoms with Crippen LogP contribution in [0.3, 0.4) is 0 Å². The van der Waals surface area contributed by atoms with E-state index >= 15 is 0 Å². The molecule has 0 saturated heterocycles. The molecule has 0 radical (unpaired) electrons. The highest BCUT2D eigenvalue weighted by atomic mass is 16.1. The van der Waals surface area contributed by atoms with E-state index in [4.69, 9.17) is 0 Å². The van der Waals surface area contributed by atoms with Gasteiger partial charge in [-0.05, 0) is 41.8 Å². The number of aryl methyl sites for hydroxylation is 1. The first-order valence-corrected chi connectivity index (χ1v) is 6.29. The van der Waals surface area contributed by atoms with Gasteiger partial charge in [-0.15, -0.1) is 0 Å². The molecule has 19 heavy (non-hydrogen) atoms. The molecule has 1 aromatic carbocycles. The molecular weight excluding hydrogens is 238 g/mol. The number of nitrogens with zero attached hydrogens (tertiary/aromatic N) is 1. The highest BCUT2D eigenvalue weighted by Crippen LogP contribution is 2.18.